The minimum Gasteiger partial charge on any atom is -0.327 e. The Labute approximate surface area is 57.9 Å². The molecule has 0 rings (SSSR count). The van der Waals surface area contributed by atoms with E-state index in [1.807, 2.05) is 0 Å². The largest absolute Gasteiger partial charge is 0.327 e. The zero-order chi connectivity index (χ0) is 7.28. The van der Waals surface area contributed by atoms with Crippen molar-refractivity contribution < 1.29 is 0 Å². The van der Waals surface area contributed by atoms with Gasteiger partial charge in [-0.05, 0) is 19.3 Å². The molecule has 0 aliphatic heterocycles. The Kier molecular flexibility index (Phi) is 4.41. The van der Waals surface area contributed by atoms with E-state index in [1.165, 1.54) is 5.57 Å². The van der Waals surface area contributed by atoms with Crippen LogP contribution in [0.3, 0.4) is 0 Å². The van der Waals surface area contributed by atoms with Crippen molar-refractivity contribution >= 4 is 0 Å². The van der Waals surface area contributed by atoms with Gasteiger partial charge in [-0.25, -0.2) is 0 Å². The molecular formula is C8H17N. The molecule has 0 spiro atoms. The monoisotopic (exact) mass is 127 g/mol. The lowest BCUT2D eigenvalue weighted by molar-refractivity contribution is 0.634. The Bertz CT molecular complexity index is 86.6. The maximum atomic E-state index is 5.69. The van der Waals surface area contributed by atoms with Gasteiger partial charge in [-0.2, -0.15) is 0 Å². The molecule has 9 heavy (non-hydrogen) atoms. The fourth-order valence-electron chi connectivity index (χ4n) is 0.659. The van der Waals surface area contributed by atoms with Crippen molar-refractivity contribution in [1.29, 1.82) is 0 Å². The van der Waals surface area contributed by atoms with Crippen molar-refractivity contribution in [1.82, 2.24) is 0 Å². The van der Waals surface area contributed by atoms with E-state index in [0.717, 1.165) is 19.3 Å². The van der Waals surface area contributed by atoms with Crippen LogP contribution in [0.2, 0.25) is 0 Å². The molecule has 1 heteroatoms. The Morgan fingerprint density at radius 1 is 1.56 bits per heavy atom. The predicted octanol–water partition coefficient (Wildman–Crippen LogP) is 2.08. The third-order valence-corrected chi connectivity index (χ3v) is 1.58. The van der Waals surface area contributed by atoms with Crippen LogP contribution in [0.1, 0.15) is 33.1 Å². The van der Waals surface area contributed by atoms with Crippen LogP contribution in [-0.2, 0) is 0 Å². The van der Waals surface area contributed by atoms with Gasteiger partial charge in [0.05, 0.1) is 0 Å². The summed E-state index contributed by atoms with van der Waals surface area (Å²) in [6, 6.07) is 0.331. The zero-order valence-electron chi connectivity index (χ0n) is 6.48. The summed E-state index contributed by atoms with van der Waals surface area (Å²) in [6.07, 6.45) is 3.11. The molecule has 1 nitrogen and oxygen atoms in total. The molecule has 0 bridgehead atoms. The topological polar surface area (TPSA) is 26.0 Å². The van der Waals surface area contributed by atoms with Crippen LogP contribution >= 0.6 is 0 Å². The summed E-state index contributed by atoms with van der Waals surface area (Å²) in [5.41, 5.74) is 6.96. The smallest absolute Gasteiger partial charge is 0.00733 e. The summed E-state index contributed by atoms with van der Waals surface area (Å²) in [6.45, 7) is 8.10. The van der Waals surface area contributed by atoms with Gasteiger partial charge in [0.1, 0.15) is 0 Å². The van der Waals surface area contributed by atoms with E-state index in [4.69, 9.17) is 5.73 Å². The molecule has 0 fully saturated rings. The fraction of sp³-hybridized carbons (Fsp3) is 0.750. The van der Waals surface area contributed by atoms with Gasteiger partial charge in [-0.3, -0.25) is 0 Å². The van der Waals surface area contributed by atoms with E-state index >= 15 is 0 Å². The van der Waals surface area contributed by atoms with Crippen molar-refractivity contribution in [3.8, 4) is 0 Å². The van der Waals surface area contributed by atoms with Gasteiger partial charge >= 0.3 is 0 Å². The highest BCUT2D eigenvalue weighted by Gasteiger charge is 1.98. The molecule has 0 saturated heterocycles. The Morgan fingerprint density at radius 2 is 2.11 bits per heavy atom. The van der Waals surface area contributed by atoms with Gasteiger partial charge in [0.25, 0.3) is 0 Å². The van der Waals surface area contributed by atoms with E-state index in [-0.39, 0.29) is 0 Å². The third kappa shape index (κ3) is 4.22. The quantitative estimate of drug-likeness (QED) is 0.575. The molecule has 0 aliphatic carbocycles. The summed E-state index contributed by atoms with van der Waals surface area (Å²) in [7, 11) is 0. The second kappa shape index (κ2) is 4.57. The maximum Gasteiger partial charge on any atom is 0.00733 e. The second-order valence-electron chi connectivity index (χ2n) is 2.48. The molecule has 0 radical (unpaired) electrons. The van der Waals surface area contributed by atoms with Crippen molar-refractivity contribution in [3.63, 3.8) is 0 Å². The predicted molar refractivity (Wildman–Crippen MR) is 42.3 cm³/mol. The third-order valence-electron chi connectivity index (χ3n) is 1.58. The Balaban J connectivity index is 3.34. The normalized spacial score (nSPS) is 13.2. The molecule has 0 amide bonds. The SMILES string of the molecule is C=C(CC)CC(N)CC. The van der Waals surface area contributed by atoms with E-state index in [2.05, 4.69) is 20.4 Å². The summed E-state index contributed by atoms with van der Waals surface area (Å²) in [5, 5.41) is 0. The average Bonchev–Trinajstić information content (AvgIpc) is 1.87. The molecule has 0 heterocycles. The van der Waals surface area contributed by atoms with E-state index < -0.39 is 0 Å². The summed E-state index contributed by atoms with van der Waals surface area (Å²) < 4.78 is 0. The van der Waals surface area contributed by atoms with Gasteiger partial charge in [-0.15, -0.1) is 0 Å². The first-order valence-corrected chi connectivity index (χ1v) is 3.62. The molecule has 0 saturated carbocycles. The molecular weight excluding hydrogens is 110 g/mol. The van der Waals surface area contributed by atoms with Crippen LogP contribution < -0.4 is 5.73 Å². The second-order valence-corrected chi connectivity index (χ2v) is 2.48. The molecule has 0 aromatic rings. The first-order valence-electron chi connectivity index (χ1n) is 3.62. The zero-order valence-corrected chi connectivity index (χ0v) is 6.48. The first-order chi connectivity index (χ1) is 4.20. The van der Waals surface area contributed by atoms with Crippen LogP contribution in [0.4, 0.5) is 0 Å². The molecule has 54 valence electrons. The van der Waals surface area contributed by atoms with Gasteiger partial charge < -0.3 is 5.73 Å². The maximum absolute atomic E-state index is 5.69. The van der Waals surface area contributed by atoms with Crippen LogP contribution in [-0.4, -0.2) is 6.04 Å². The van der Waals surface area contributed by atoms with Crippen molar-refractivity contribution in [3.05, 3.63) is 12.2 Å². The number of nitrogens with two attached hydrogens (primary N) is 1. The van der Waals surface area contributed by atoms with Crippen LogP contribution in [0.5, 0.6) is 0 Å². The van der Waals surface area contributed by atoms with E-state index in [1.54, 1.807) is 0 Å². The van der Waals surface area contributed by atoms with Crippen LogP contribution in [0.15, 0.2) is 12.2 Å². The molecule has 2 N–H and O–H groups in total. The van der Waals surface area contributed by atoms with E-state index in [9.17, 15) is 0 Å². The highest BCUT2D eigenvalue weighted by molar-refractivity contribution is 4.95. The first kappa shape index (κ1) is 8.70. The van der Waals surface area contributed by atoms with Gasteiger partial charge in [0.2, 0.25) is 0 Å². The number of rotatable bonds is 4. The van der Waals surface area contributed by atoms with Gasteiger partial charge in [-0.1, -0.05) is 26.0 Å². The summed E-state index contributed by atoms with van der Waals surface area (Å²) >= 11 is 0. The minimum absolute atomic E-state index is 0.331. The molecule has 0 aromatic heterocycles. The molecule has 1 unspecified atom stereocenters. The number of hydrogen-bond acceptors (Lipinski definition) is 1. The number of hydrogen-bond donors (Lipinski definition) is 1. The van der Waals surface area contributed by atoms with Gasteiger partial charge in [0, 0.05) is 6.04 Å². The summed E-state index contributed by atoms with van der Waals surface area (Å²) in [5.74, 6) is 0. The summed E-state index contributed by atoms with van der Waals surface area (Å²) in [4.78, 5) is 0. The van der Waals surface area contributed by atoms with Gasteiger partial charge in [0.15, 0.2) is 0 Å². The van der Waals surface area contributed by atoms with Crippen LogP contribution in [0, 0.1) is 0 Å². The van der Waals surface area contributed by atoms with Crippen LogP contribution in [0.25, 0.3) is 0 Å². The van der Waals surface area contributed by atoms with Crippen molar-refractivity contribution in [2.24, 2.45) is 5.73 Å². The highest BCUT2D eigenvalue weighted by Crippen LogP contribution is 2.06. The lowest BCUT2D eigenvalue weighted by Crippen LogP contribution is -2.18. The fourth-order valence-corrected chi connectivity index (χ4v) is 0.659. The molecule has 1 atom stereocenters. The highest BCUT2D eigenvalue weighted by atomic mass is 14.6. The van der Waals surface area contributed by atoms with Crippen molar-refractivity contribution in [2.75, 3.05) is 0 Å². The lowest BCUT2D eigenvalue weighted by Gasteiger charge is -2.08. The minimum atomic E-state index is 0.331. The molecule has 0 aromatic carbocycles. The lowest BCUT2D eigenvalue weighted by atomic mass is 10.1. The standard InChI is InChI=1S/C8H17N/c1-4-7(3)6-8(9)5-2/h8H,3-6,9H2,1-2H3. The molecule has 0 aliphatic rings. The Hall–Kier alpha value is -0.300. The Morgan fingerprint density at radius 3 is 2.44 bits per heavy atom. The average molecular weight is 127 g/mol. The van der Waals surface area contributed by atoms with Crippen molar-refractivity contribution in [2.45, 2.75) is 39.2 Å². The van der Waals surface area contributed by atoms with E-state index in [0.29, 0.717) is 6.04 Å².